The quantitative estimate of drug-likeness (QED) is 0.352. The summed E-state index contributed by atoms with van der Waals surface area (Å²) in [6.07, 6.45) is 0.158. The Kier molecular flexibility index (Phi) is 7.54. The summed E-state index contributed by atoms with van der Waals surface area (Å²) in [5.74, 6) is -2.35. The van der Waals surface area contributed by atoms with Crippen molar-refractivity contribution >= 4 is 29.6 Å². The van der Waals surface area contributed by atoms with Gasteiger partial charge in [0.05, 0.1) is 6.54 Å². The second kappa shape index (κ2) is 10.4. The number of nitrogens with one attached hydrogen (secondary N) is 2. The molecule has 1 heterocycles. The molecule has 178 valence electrons. The molecule has 3 rings (SSSR count). The number of aliphatic carboxylic acids is 1. The monoisotopic (exact) mass is 487 g/mol. The van der Waals surface area contributed by atoms with E-state index in [1.807, 2.05) is 5.32 Å². The largest absolute Gasteiger partial charge is 0.478 e. The first-order chi connectivity index (χ1) is 16.1. The van der Waals surface area contributed by atoms with Crippen LogP contribution in [-0.2, 0) is 16.1 Å². The van der Waals surface area contributed by atoms with Crippen LogP contribution in [-0.4, -0.2) is 39.1 Å². The van der Waals surface area contributed by atoms with Gasteiger partial charge < -0.3 is 30.1 Å². The van der Waals surface area contributed by atoms with Gasteiger partial charge in [0.1, 0.15) is 18.1 Å². The number of halogens is 1. The third-order valence-electron chi connectivity index (χ3n) is 4.89. The molecule has 34 heavy (non-hydrogen) atoms. The van der Waals surface area contributed by atoms with Crippen molar-refractivity contribution in [1.29, 1.82) is 0 Å². The van der Waals surface area contributed by atoms with Crippen LogP contribution in [0.25, 0.3) is 11.3 Å². The summed E-state index contributed by atoms with van der Waals surface area (Å²) in [4.78, 5) is 35.4. The van der Waals surface area contributed by atoms with Gasteiger partial charge >= 0.3 is 12.1 Å². The van der Waals surface area contributed by atoms with Crippen LogP contribution in [0.15, 0.2) is 59.3 Å². The molecule has 0 saturated heterocycles. The summed E-state index contributed by atoms with van der Waals surface area (Å²) < 4.78 is 10.4. The average Bonchev–Trinajstić information content (AvgIpc) is 3.26. The standard InChI is InChI=1S/C23H22ClN3O7/c1-13(17-5-3-4-6-18(17)24)34-22(31)25-11-16-12-33-27-19(16)14-7-9-15(10-8-14)20(28)26-23(2,32)21(29)30/h3-10,12-13,32H,11H2,1-2H3,(H,25,31)(H,26,28)(H,29,30). The Morgan fingerprint density at radius 2 is 1.85 bits per heavy atom. The van der Waals surface area contributed by atoms with Crippen molar-refractivity contribution in [1.82, 2.24) is 15.8 Å². The van der Waals surface area contributed by atoms with Crippen LogP contribution in [0.3, 0.4) is 0 Å². The first kappa shape index (κ1) is 24.7. The van der Waals surface area contributed by atoms with Crippen LogP contribution in [0, 0.1) is 0 Å². The number of ether oxygens (including phenoxy) is 1. The molecule has 2 unspecified atom stereocenters. The maximum Gasteiger partial charge on any atom is 0.408 e. The normalized spacial score (nSPS) is 13.4. The van der Waals surface area contributed by atoms with Gasteiger partial charge in [-0.05, 0) is 32.0 Å². The number of benzene rings is 2. The van der Waals surface area contributed by atoms with Gasteiger partial charge in [-0.25, -0.2) is 9.59 Å². The third kappa shape index (κ3) is 5.91. The number of aliphatic hydroxyl groups is 1. The smallest absolute Gasteiger partial charge is 0.408 e. The predicted molar refractivity (Wildman–Crippen MR) is 121 cm³/mol. The fourth-order valence-corrected chi connectivity index (χ4v) is 3.27. The Bertz CT molecular complexity index is 1190. The molecule has 0 spiro atoms. The Labute approximate surface area is 199 Å². The second-order valence-corrected chi connectivity index (χ2v) is 7.93. The molecule has 2 aromatic carbocycles. The SMILES string of the molecule is CC(OC(=O)NCc1conc1-c1ccc(C(=O)NC(C)(O)C(=O)O)cc1)c1ccccc1Cl. The van der Waals surface area contributed by atoms with E-state index in [2.05, 4.69) is 10.5 Å². The molecule has 0 radical (unpaired) electrons. The average molecular weight is 488 g/mol. The summed E-state index contributed by atoms with van der Waals surface area (Å²) in [6, 6.07) is 13.1. The number of aromatic nitrogens is 1. The van der Waals surface area contributed by atoms with Gasteiger partial charge in [-0.1, -0.05) is 47.1 Å². The number of carboxylic acid groups (broad SMARTS) is 1. The van der Waals surface area contributed by atoms with Gasteiger partial charge in [-0.3, -0.25) is 4.79 Å². The van der Waals surface area contributed by atoms with Crippen LogP contribution in [0.5, 0.6) is 0 Å². The molecule has 3 aromatic rings. The number of amides is 2. The summed E-state index contributed by atoms with van der Waals surface area (Å²) >= 11 is 6.13. The van der Waals surface area contributed by atoms with Gasteiger partial charge in [-0.2, -0.15) is 0 Å². The number of carboxylic acids is 1. The molecule has 0 bridgehead atoms. The Balaban J connectivity index is 1.62. The number of hydrogen-bond acceptors (Lipinski definition) is 7. The molecule has 0 aliphatic rings. The van der Waals surface area contributed by atoms with E-state index in [0.29, 0.717) is 27.4 Å². The number of hydrogen-bond donors (Lipinski definition) is 4. The van der Waals surface area contributed by atoms with Crippen molar-refractivity contribution in [3.63, 3.8) is 0 Å². The van der Waals surface area contributed by atoms with Crippen molar-refractivity contribution in [3.8, 4) is 11.3 Å². The van der Waals surface area contributed by atoms with E-state index in [0.717, 1.165) is 6.92 Å². The lowest BCUT2D eigenvalue weighted by molar-refractivity contribution is -0.158. The van der Waals surface area contributed by atoms with Crippen LogP contribution >= 0.6 is 11.6 Å². The van der Waals surface area contributed by atoms with Crippen molar-refractivity contribution in [3.05, 3.63) is 76.5 Å². The van der Waals surface area contributed by atoms with Gasteiger partial charge in [-0.15, -0.1) is 0 Å². The minimum Gasteiger partial charge on any atom is -0.478 e. The molecule has 1 aromatic heterocycles. The van der Waals surface area contributed by atoms with E-state index in [1.165, 1.54) is 18.4 Å². The minimum absolute atomic E-state index is 0.0661. The molecule has 0 aliphatic carbocycles. The highest BCUT2D eigenvalue weighted by molar-refractivity contribution is 6.31. The first-order valence-electron chi connectivity index (χ1n) is 10.1. The summed E-state index contributed by atoms with van der Waals surface area (Å²) in [7, 11) is 0. The van der Waals surface area contributed by atoms with E-state index in [9.17, 15) is 19.5 Å². The number of rotatable bonds is 8. The highest BCUT2D eigenvalue weighted by atomic mass is 35.5. The summed E-state index contributed by atoms with van der Waals surface area (Å²) in [5, 5.41) is 27.7. The first-order valence-corrected chi connectivity index (χ1v) is 10.5. The molecule has 10 nitrogen and oxygen atoms in total. The highest BCUT2D eigenvalue weighted by Gasteiger charge is 2.32. The lowest BCUT2D eigenvalue weighted by Gasteiger charge is -2.19. The van der Waals surface area contributed by atoms with Crippen molar-refractivity contribution in [2.24, 2.45) is 0 Å². The zero-order valence-electron chi connectivity index (χ0n) is 18.2. The molecule has 2 atom stereocenters. The molecule has 0 saturated carbocycles. The van der Waals surface area contributed by atoms with Crippen LogP contribution in [0.1, 0.15) is 41.4 Å². The maximum atomic E-state index is 12.2. The van der Waals surface area contributed by atoms with E-state index < -0.39 is 29.8 Å². The second-order valence-electron chi connectivity index (χ2n) is 7.52. The molecule has 0 fully saturated rings. The van der Waals surface area contributed by atoms with Crippen LogP contribution in [0.2, 0.25) is 5.02 Å². The van der Waals surface area contributed by atoms with E-state index in [1.54, 1.807) is 43.3 Å². The predicted octanol–water partition coefficient (Wildman–Crippen LogP) is 3.51. The molecule has 11 heteroatoms. The summed E-state index contributed by atoms with van der Waals surface area (Å²) in [5.41, 5.74) is -0.00896. The van der Waals surface area contributed by atoms with Crippen LogP contribution < -0.4 is 10.6 Å². The van der Waals surface area contributed by atoms with Crippen molar-refractivity contribution < 1.29 is 33.9 Å². The van der Waals surface area contributed by atoms with Crippen LogP contribution in [0.4, 0.5) is 4.79 Å². The highest BCUT2D eigenvalue weighted by Crippen LogP contribution is 2.26. The van der Waals surface area contributed by atoms with Gasteiger partial charge in [0.2, 0.25) is 5.72 Å². The lowest BCUT2D eigenvalue weighted by atomic mass is 10.1. The fourth-order valence-electron chi connectivity index (χ4n) is 2.98. The topological polar surface area (TPSA) is 151 Å². The molecule has 4 N–H and O–H groups in total. The van der Waals surface area contributed by atoms with Gasteiger partial charge in [0.15, 0.2) is 0 Å². The van der Waals surface area contributed by atoms with E-state index >= 15 is 0 Å². The molecular formula is C23H22ClN3O7. The Morgan fingerprint density at radius 3 is 2.50 bits per heavy atom. The number of alkyl carbamates (subject to hydrolysis) is 1. The van der Waals surface area contributed by atoms with Crippen molar-refractivity contribution in [2.45, 2.75) is 32.2 Å². The molecule has 0 aliphatic heterocycles. The molecular weight excluding hydrogens is 466 g/mol. The van der Waals surface area contributed by atoms with E-state index in [4.69, 9.17) is 26.0 Å². The van der Waals surface area contributed by atoms with Crippen molar-refractivity contribution in [2.75, 3.05) is 0 Å². The fraction of sp³-hybridized carbons (Fsp3) is 0.217. The zero-order chi connectivity index (χ0) is 24.9. The minimum atomic E-state index is -2.40. The zero-order valence-corrected chi connectivity index (χ0v) is 19.0. The summed E-state index contributed by atoms with van der Waals surface area (Å²) in [6.45, 7) is 2.73. The van der Waals surface area contributed by atoms with E-state index in [-0.39, 0.29) is 12.1 Å². The Hall–Kier alpha value is -3.89. The molecule has 2 amide bonds. The third-order valence-corrected chi connectivity index (χ3v) is 5.23. The number of nitrogens with zero attached hydrogens (tertiary/aromatic N) is 1. The Morgan fingerprint density at radius 1 is 1.18 bits per heavy atom. The maximum absolute atomic E-state index is 12.2. The number of carbonyl (C=O) groups is 3. The number of carbonyl (C=O) groups excluding carboxylic acids is 2. The lowest BCUT2D eigenvalue weighted by Crippen LogP contribution is -2.52. The van der Waals surface area contributed by atoms with Gasteiger partial charge in [0.25, 0.3) is 5.91 Å². The van der Waals surface area contributed by atoms with Gasteiger partial charge in [0, 0.05) is 27.3 Å².